The van der Waals surface area contributed by atoms with Gasteiger partial charge in [0.25, 0.3) is 0 Å². The first-order valence-corrected chi connectivity index (χ1v) is 7.24. The smallest absolute Gasteiger partial charge is 0.238 e. The number of halogens is 1. The Balaban J connectivity index is 1.78. The fraction of sp³-hybridized carbons (Fsp3) is 0.188. The lowest BCUT2D eigenvalue weighted by Gasteiger charge is -2.07. The van der Waals surface area contributed by atoms with E-state index >= 15 is 0 Å². The molecule has 0 atom stereocenters. The van der Waals surface area contributed by atoms with Crippen molar-refractivity contribution in [2.24, 2.45) is 0 Å². The lowest BCUT2D eigenvalue weighted by Crippen LogP contribution is -2.27. The Morgan fingerprint density at radius 3 is 2.70 bits per heavy atom. The third-order valence-corrected chi connectivity index (χ3v) is 3.30. The molecule has 0 saturated heterocycles. The monoisotopic (exact) mass is 332 g/mol. The molecule has 0 spiro atoms. The Labute approximate surface area is 127 Å². The summed E-state index contributed by atoms with van der Waals surface area (Å²) in [6, 6.07) is 15.8. The van der Waals surface area contributed by atoms with Gasteiger partial charge in [-0.2, -0.15) is 0 Å². The molecule has 0 aliphatic rings. The number of nitrogens with one attached hydrogen (secondary N) is 2. The van der Waals surface area contributed by atoms with Crippen LogP contribution in [-0.2, 0) is 11.3 Å². The van der Waals surface area contributed by atoms with Crippen LogP contribution in [0.15, 0.2) is 53.0 Å². The van der Waals surface area contributed by atoms with E-state index in [1.807, 2.05) is 36.4 Å². The van der Waals surface area contributed by atoms with Crippen LogP contribution in [0.2, 0.25) is 0 Å². The standard InChI is InChI=1S/C16H17BrN2O/c1-12-4-2-5-13(8-12)10-18-11-16(20)19-15-7-3-6-14(17)9-15/h2-9,18H,10-11H2,1H3,(H,19,20). The van der Waals surface area contributed by atoms with E-state index in [2.05, 4.69) is 45.6 Å². The van der Waals surface area contributed by atoms with E-state index in [9.17, 15) is 4.79 Å². The predicted molar refractivity (Wildman–Crippen MR) is 85.7 cm³/mol. The SMILES string of the molecule is Cc1cccc(CNCC(=O)Nc2cccc(Br)c2)c1. The maximum Gasteiger partial charge on any atom is 0.238 e. The fourth-order valence-electron chi connectivity index (χ4n) is 1.91. The van der Waals surface area contributed by atoms with Gasteiger partial charge in [0.2, 0.25) is 5.91 Å². The topological polar surface area (TPSA) is 41.1 Å². The lowest BCUT2D eigenvalue weighted by atomic mass is 10.1. The van der Waals surface area contributed by atoms with Crippen molar-refractivity contribution < 1.29 is 4.79 Å². The molecule has 20 heavy (non-hydrogen) atoms. The molecule has 4 heteroatoms. The second kappa shape index (κ2) is 7.22. The van der Waals surface area contributed by atoms with Gasteiger partial charge in [0, 0.05) is 16.7 Å². The molecule has 0 fully saturated rings. The van der Waals surface area contributed by atoms with Crippen LogP contribution in [-0.4, -0.2) is 12.5 Å². The maximum atomic E-state index is 11.8. The Hall–Kier alpha value is -1.65. The molecule has 0 unspecified atom stereocenters. The van der Waals surface area contributed by atoms with Crippen LogP contribution in [0.5, 0.6) is 0 Å². The number of carbonyl (C=O) groups is 1. The number of anilines is 1. The minimum absolute atomic E-state index is 0.0456. The summed E-state index contributed by atoms with van der Waals surface area (Å²) in [6.45, 7) is 3.04. The molecule has 104 valence electrons. The summed E-state index contributed by atoms with van der Waals surface area (Å²) >= 11 is 3.38. The van der Waals surface area contributed by atoms with Crippen molar-refractivity contribution in [1.29, 1.82) is 0 Å². The van der Waals surface area contributed by atoms with Gasteiger partial charge in [-0.25, -0.2) is 0 Å². The van der Waals surface area contributed by atoms with Crippen molar-refractivity contribution in [1.82, 2.24) is 5.32 Å². The Morgan fingerprint density at radius 2 is 1.95 bits per heavy atom. The van der Waals surface area contributed by atoms with Crippen molar-refractivity contribution in [3.05, 3.63) is 64.1 Å². The van der Waals surface area contributed by atoms with Crippen molar-refractivity contribution >= 4 is 27.5 Å². The van der Waals surface area contributed by atoms with Gasteiger partial charge in [0.1, 0.15) is 0 Å². The molecule has 0 aliphatic heterocycles. The van der Waals surface area contributed by atoms with Gasteiger partial charge in [0.15, 0.2) is 0 Å². The molecule has 2 aromatic carbocycles. The lowest BCUT2D eigenvalue weighted by molar-refractivity contribution is -0.115. The molecule has 2 N–H and O–H groups in total. The van der Waals surface area contributed by atoms with E-state index in [1.165, 1.54) is 11.1 Å². The minimum Gasteiger partial charge on any atom is -0.325 e. The largest absolute Gasteiger partial charge is 0.325 e. The van der Waals surface area contributed by atoms with Crippen LogP contribution >= 0.6 is 15.9 Å². The average molecular weight is 333 g/mol. The molecule has 1 amide bonds. The van der Waals surface area contributed by atoms with E-state index < -0.39 is 0 Å². The molecular weight excluding hydrogens is 316 g/mol. The summed E-state index contributed by atoms with van der Waals surface area (Å²) in [6.07, 6.45) is 0. The summed E-state index contributed by atoms with van der Waals surface area (Å²) in [5.74, 6) is -0.0456. The number of benzene rings is 2. The van der Waals surface area contributed by atoms with Gasteiger partial charge in [-0.05, 0) is 30.7 Å². The van der Waals surface area contributed by atoms with Crippen molar-refractivity contribution in [2.45, 2.75) is 13.5 Å². The highest BCUT2D eigenvalue weighted by Crippen LogP contribution is 2.15. The molecule has 0 aromatic heterocycles. The molecule has 0 heterocycles. The first-order valence-electron chi connectivity index (χ1n) is 6.45. The molecule has 2 rings (SSSR count). The second-order valence-corrected chi connectivity index (χ2v) is 5.57. The van der Waals surface area contributed by atoms with Gasteiger partial charge < -0.3 is 10.6 Å². The van der Waals surface area contributed by atoms with Gasteiger partial charge in [0.05, 0.1) is 6.54 Å². The summed E-state index contributed by atoms with van der Waals surface area (Å²) in [4.78, 5) is 11.8. The summed E-state index contributed by atoms with van der Waals surface area (Å²) < 4.78 is 0.947. The summed E-state index contributed by atoms with van der Waals surface area (Å²) in [7, 11) is 0. The number of hydrogen-bond acceptors (Lipinski definition) is 2. The van der Waals surface area contributed by atoms with Crippen LogP contribution in [0, 0.1) is 6.92 Å². The highest BCUT2D eigenvalue weighted by Gasteiger charge is 2.02. The zero-order chi connectivity index (χ0) is 14.4. The molecule has 0 radical (unpaired) electrons. The Bertz CT molecular complexity index is 599. The molecule has 0 aliphatic carbocycles. The molecular formula is C16H17BrN2O. The van der Waals surface area contributed by atoms with Gasteiger partial charge in [-0.3, -0.25) is 4.79 Å². The zero-order valence-corrected chi connectivity index (χ0v) is 12.9. The summed E-state index contributed by atoms with van der Waals surface area (Å²) in [5.41, 5.74) is 3.20. The highest BCUT2D eigenvalue weighted by atomic mass is 79.9. The number of hydrogen-bond donors (Lipinski definition) is 2. The Morgan fingerprint density at radius 1 is 1.15 bits per heavy atom. The minimum atomic E-state index is -0.0456. The van der Waals surface area contributed by atoms with Gasteiger partial charge >= 0.3 is 0 Å². The number of rotatable bonds is 5. The molecule has 3 nitrogen and oxygen atoms in total. The van der Waals surface area contributed by atoms with Gasteiger partial charge in [-0.1, -0.05) is 51.8 Å². The number of amides is 1. The molecule has 0 bridgehead atoms. The second-order valence-electron chi connectivity index (χ2n) is 4.65. The summed E-state index contributed by atoms with van der Waals surface area (Å²) in [5, 5.41) is 5.99. The number of aryl methyl sites for hydroxylation is 1. The highest BCUT2D eigenvalue weighted by molar-refractivity contribution is 9.10. The third kappa shape index (κ3) is 4.79. The van der Waals surface area contributed by atoms with E-state index in [4.69, 9.17) is 0 Å². The maximum absolute atomic E-state index is 11.8. The van der Waals surface area contributed by atoms with Crippen molar-refractivity contribution in [2.75, 3.05) is 11.9 Å². The van der Waals surface area contributed by atoms with Crippen LogP contribution in [0.25, 0.3) is 0 Å². The van der Waals surface area contributed by atoms with Crippen molar-refractivity contribution in [3.63, 3.8) is 0 Å². The zero-order valence-electron chi connectivity index (χ0n) is 11.3. The van der Waals surface area contributed by atoms with E-state index in [0.717, 1.165) is 10.2 Å². The van der Waals surface area contributed by atoms with E-state index in [0.29, 0.717) is 13.1 Å². The first-order chi connectivity index (χ1) is 9.63. The van der Waals surface area contributed by atoms with Crippen LogP contribution in [0.1, 0.15) is 11.1 Å². The van der Waals surface area contributed by atoms with Crippen molar-refractivity contribution in [3.8, 4) is 0 Å². The van der Waals surface area contributed by atoms with Crippen LogP contribution in [0.3, 0.4) is 0 Å². The van der Waals surface area contributed by atoms with Crippen LogP contribution in [0.4, 0.5) is 5.69 Å². The average Bonchev–Trinajstić information content (AvgIpc) is 2.38. The molecule has 2 aromatic rings. The van der Waals surface area contributed by atoms with E-state index in [1.54, 1.807) is 0 Å². The quantitative estimate of drug-likeness (QED) is 0.879. The van der Waals surface area contributed by atoms with Gasteiger partial charge in [-0.15, -0.1) is 0 Å². The Kier molecular flexibility index (Phi) is 5.32. The van der Waals surface area contributed by atoms with E-state index in [-0.39, 0.29) is 5.91 Å². The third-order valence-electron chi connectivity index (χ3n) is 2.81. The first kappa shape index (κ1) is 14.8. The number of carbonyl (C=O) groups excluding carboxylic acids is 1. The predicted octanol–water partition coefficient (Wildman–Crippen LogP) is 3.49. The normalized spacial score (nSPS) is 10.3. The molecule has 0 saturated carbocycles. The fourth-order valence-corrected chi connectivity index (χ4v) is 2.31. The van der Waals surface area contributed by atoms with Crippen LogP contribution < -0.4 is 10.6 Å².